The summed E-state index contributed by atoms with van der Waals surface area (Å²) in [6, 6.07) is 4.11. The van der Waals surface area contributed by atoms with Gasteiger partial charge >= 0.3 is 5.97 Å². The molecule has 1 aliphatic heterocycles. The highest BCUT2D eigenvalue weighted by Gasteiger charge is 2.30. The van der Waals surface area contributed by atoms with E-state index < -0.39 is 5.97 Å². The predicted molar refractivity (Wildman–Crippen MR) is 79.9 cm³/mol. The lowest BCUT2D eigenvalue weighted by Gasteiger charge is -2.38. The number of rotatable bonds is 3. The van der Waals surface area contributed by atoms with Gasteiger partial charge in [-0.2, -0.15) is 0 Å². The molecule has 1 aliphatic rings. The van der Waals surface area contributed by atoms with Gasteiger partial charge in [0.15, 0.2) is 0 Å². The highest BCUT2D eigenvalue weighted by Crippen LogP contribution is 2.27. The summed E-state index contributed by atoms with van der Waals surface area (Å²) in [5.74, 6) is -0.922. The van der Waals surface area contributed by atoms with Crippen LogP contribution in [-0.2, 0) is 4.79 Å². The minimum absolute atomic E-state index is 0.0599. The van der Waals surface area contributed by atoms with Crippen molar-refractivity contribution in [3.05, 3.63) is 28.0 Å². The van der Waals surface area contributed by atoms with E-state index in [1.54, 1.807) is 12.1 Å². The molecule has 2 atom stereocenters. The summed E-state index contributed by atoms with van der Waals surface area (Å²) in [6.07, 6.45) is 5.88. The smallest absolute Gasteiger partial charge is 0.328 e. The van der Waals surface area contributed by atoms with E-state index in [2.05, 4.69) is 13.8 Å². The molecule has 0 unspecified atom stereocenters. The Morgan fingerprint density at radius 2 is 1.95 bits per heavy atom. The zero-order valence-corrected chi connectivity index (χ0v) is 12.5. The van der Waals surface area contributed by atoms with E-state index in [4.69, 9.17) is 5.11 Å². The standard InChI is InChI=1S/C15H19NO3S/c1-10-4-3-5-11(2)16(10)15(19)13-8-6-12(20-13)7-9-14(17)18/h6-11H,3-5H2,1-2H3,(H,17,18)/b9-7+/t10-,11+. The van der Waals surface area contributed by atoms with Crippen molar-refractivity contribution in [2.24, 2.45) is 0 Å². The van der Waals surface area contributed by atoms with Gasteiger partial charge in [-0.15, -0.1) is 11.3 Å². The van der Waals surface area contributed by atoms with Crippen molar-refractivity contribution in [1.29, 1.82) is 0 Å². The monoisotopic (exact) mass is 293 g/mol. The van der Waals surface area contributed by atoms with Gasteiger partial charge in [-0.05, 0) is 51.3 Å². The van der Waals surface area contributed by atoms with Gasteiger partial charge < -0.3 is 10.0 Å². The van der Waals surface area contributed by atoms with Crippen molar-refractivity contribution < 1.29 is 14.7 Å². The number of carboxylic acids is 1. The maximum Gasteiger partial charge on any atom is 0.328 e. The van der Waals surface area contributed by atoms with Crippen molar-refractivity contribution in [2.75, 3.05) is 0 Å². The van der Waals surface area contributed by atoms with Crippen LogP contribution in [0.2, 0.25) is 0 Å². The molecule has 0 saturated carbocycles. The van der Waals surface area contributed by atoms with Gasteiger partial charge in [0.1, 0.15) is 0 Å². The van der Waals surface area contributed by atoms with Crippen LogP contribution in [0.3, 0.4) is 0 Å². The molecule has 20 heavy (non-hydrogen) atoms. The summed E-state index contributed by atoms with van der Waals surface area (Å²) in [5, 5.41) is 8.61. The fourth-order valence-corrected chi connectivity index (χ4v) is 3.51. The van der Waals surface area contributed by atoms with Crippen molar-refractivity contribution in [2.45, 2.75) is 45.2 Å². The van der Waals surface area contributed by atoms with Gasteiger partial charge in [-0.3, -0.25) is 4.79 Å². The van der Waals surface area contributed by atoms with Crippen molar-refractivity contribution in [3.63, 3.8) is 0 Å². The Labute approximate surface area is 122 Å². The molecule has 0 aromatic carbocycles. The lowest BCUT2D eigenvalue weighted by Crippen LogP contribution is -2.47. The normalized spacial score (nSPS) is 23.2. The van der Waals surface area contributed by atoms with E-state index in [-0.39, 0.29) is 18.0 Å². The predicted octanol–water partition coefficient (Wildman–Crippen LogP) is 3.25. The number of hydrogen-bond acceptors (Lipinski definition) is 3. The van der Waals surface area contributed by atoms with Crippen LogP contribution >= 0.6 is 11.3 Å². The molecular weight excluding hydrogens is 274 g/mol. The molecule has 108 valence electrons. The van der Waals surface area contributed by atoms with Gasteiger partial charge in [-0.25, -0.2) is 4.79 Å². The van der Waals surface area contributed by atoms with Crippen LogP contribution in [-0.4, -0.2) is 34.0 Å². The van der Waals surface area contributed by atoms with Crippen LogP contribution in [0.1, 0.15) is 47.7 Å². The Morgan fingerprint density at radius 1 is 1.30 bits per heavy atom. The average Bonchev–Trinajstić information content (AvgIpc) is 2.84. The lowest BCUT2D eigenvalue weighted by molar-refractivity contribution is -0.131. The second-order valence-corrected chi connectivity index (χ2v) is 6.33. The molecule has 1 fully saturated rings. The van der Waals surface area contributed by atoms with Gasteiger partial charge in [-0.1, -0.05) is 0 Å². The van der Waals surface area contributed by atoms with Gasteiger partial charge in [0.2, 0.25) is 0 Å². The highest BCUT2D eigenvalue weighted by atomic mass is 32.1. The van der Waals surface area contributed by atoms with E-state index in [1.165, 1.54) is 23.8 Å². The number of aliphatic carboxylic acids is 1. The van der Waals surface area contributed by atoms with Crippen LogP contribution in [0, 0.1) is 0 Å². The van der Waals surface area contributed by atoms with Crippen LogP contribution in [0.25, 0.3) is 6.08 Å². The molecule has 2 rings (SSSR count). The number of likely N-dealkylation sites (tertiary alicyclic amines) is 1. The van der Waals surface area contributed by atoms with Gasteiger partial charge in [0.25, 0.3) is 5.91 Å². The zero-order chi connectivity index (χ0) is 14.7. The number of carbonyl (C=O) groups excluding carboxylic acids is 1. The van der Waals surface area contributed by atoms with Gasteiger partial charge in [0, 0.05) is 23.0 Å². The first-order valence-electron chi connectivity index (χ1n) is 6.82. The van der Waals surface area contributed by atoms with Crippen molar-refractivity contribution in [3.8, 4) is 0 Å². The molecule has 0 bridgehead atoms. The number of piperidine rings is 1. The Hall–Kier alpha value is -1.62. The number of nitrogens with zero attached hydrogens (tertiary/aromatic N) is 1. The van der Waals surface area contributed by atoms with Crippen LogP contribution < -0.4 is 0 Å². The molecule has 1 saturated heterocycles. The molecule has 1 N–H and O–H groups in total. The SMILES string of the molecule is C[C@@H]1CCC[C@H](C)N1C(=O)c1ccc(/C=C/C(=O)O)s1. The fraction of sp³-hybridized carbons (Fsp3) is 0.467. The van der Waals surface area contributed by atoms with Crippen molar-refractivity contribution in [1.82, 2.24) is 4.90 Å². The Bertz CT molecular complexity index is 525. The van der Waals surface area contributed by atoms with Gasteiger partial charge in [0.05, 0.1) is 4.88 Å². The summed E-state index contributed by atoms with van der Waals surface area (Å²) >= 11 is 1.34. The van der Waals surface area contributed by atoms with E-state index in [9.17, 15) is 9.59 Å². The zero-order valence-electron chi connectivity index (χ0n) is 11.7. The first-order chi connectivity index (χ1) is 9.49. The molecule has 1 aromatic heterocycles. The molecule has 1 amide bonds. The summed E-state index contributed by atoms with van der Waals surface area (Å²) < 4.78 is 0. The molecule has 2 heterocycles. The topological polar surface area (TPSA) is 57.6 Å². The van der Waals surface area contributed by atoms with Crippen LogP contribution in [0.4, 0.5) is 0 Å². The molecular formula is C15H19NO3S. The summed E-state index contributed by atoms with van der Waals surface area (Å²) in [7, 11) is 0. The number of carboxylic acid groups (broad SMARTS) is 1. The minimum atomic E-state index is -0.982. The van der Waals surface area contributed by atoms with Crippen molar-refractivity contribution >= 4 is 29.3 Å². The Balaban J connectivity index is 2.14. The maximum atomic E-state index is 12.6. The average molecular weight is 293 g/mol. The molecule has 0 aliphatic carbocycles. The number of thiophene rings is 1. The first-order valence-corrected chi connectivity index (χ1v) is 7.64. The maximum absolute atomic E-state index is 12.6. The van der Waals surface area contributed by atoms with E-state index in [0.29, 0.717) is 4.88 Å². The van der Waals surface area contributed by atoms with E-state index in [1.807, 2.05) is 4.90 Å². The Kier molecular flexibility index (Phi) is 4.60. The van der Waals surface area contributed by atoms with E-state index >= 15 is 0 Å². The number of amides is 1. The number of carbonyl (C=O) groups is 2. The summed E-state index contributed by atoms with van der Waals surface area (Å²) in [5.41, 5.74) is 0. The molecule has 0 spiro atoms. The second-order valence-electron chi connectivity index (χ2n) is 5.21. The third kappa shape index (κ3) is 3.28. The second kappa shape index (κ2) is 6.22. The largest absolute Gasteiger partial charge is 0.478 e. The lowest BCUT2D eigenvalue weighted by atomic mass is 9.97. The molecule has 1 aromatic rings. The molecule has 4 nitrogen and oxygen atoms in total. The van der Waals surface area contributed by atoms with Crippen LogP contribution in [0.5, 0.6) is 0 Å². The van der Waals surface area contributed by atoms with E-state index in [0.717, 1.165) is 23.8 Å². The molecule has 0 radical (unpaired) electrons. The highest BCUT2D eigenvalue weighted by molar-refractivity contribution is 7.14. The summed E-state index contributed by atoms with van der Waals surface area (Å²) in [6.45, 7) is 4.18. The molecule has 5 heteroatoms. The number of hydrogen-bond donors (Lipinski definition) is 1. The fourth-order valence-electron chi connectivity index (χ4n) is 2.66. The first kappa shape index (κ1) is 14.8. The summed E-state index contributed by atoms with van der Waals surface area (Å²) in [4.78, 5) is 26.5. The minimum Gasteiger partial charge on any atom is -0.478 e. The quantitative estimate of drug-likeness (QED) is 0.870. The van der Waals surface area contributed by atoms with Crippen LogP contribution in [0.15, 0.2) is 18.2 Å². The third-order valence-electron chi connectivity index (χ3n) is 3.66. The third-order valence-corrected chi connectivity index (χ3v) is 4.69. The Morgan fingerprint density at radius 3 is 2.55 bits per heavy atom.